The van der Waals surface area contributed by atoms with Gasteiger partial charge in [-0.3, -0.25) is 4.79 Å². The molecule has 1 fully saturated rings. The highest BCUT2D eigenvalue weighted by Crippen LogP contribution is 2.31. The number of benzene rings is 1. The number of carbonyl (C=O) groups is 1. The fourth-order valence-electron chi connectivity index (χ4n) is 2.34. The molecule has 0 spiro atoms. The molecule has 22 heavy (non-hydrogen) atoms. The topological polar surface area (TPSA) is 73.6 Å². The lowest BCUT2D eigenvalue weighted by Gasteiger charge is -2.34. The van der Waals surface area contributed by atoms with Crippen LogP contribution in [-0.2, 0) is 9.53 Å². The summed E-state index contributed by atoms with van der Waals surface area (Å²) in [4.78, 5) is 12.4. The molecule has 0 unspecified atom stereocenters. The van der Waals surface area contributed by atoms with Crippen LogP contribution in [0.2, 0.25) is 0 Å². The van der Waals surface area contributed by atoms with Crippen molar-refractivity contribution < 1.29 is 23.0 Å². The summed E-state index contributed by atoms with van der Waals surface area (Å²) in [5.41, 5.74) is 5.75. The lowest BCUT2D eigenvalue weighted by atomic mass is 9.79. The van der Waals surface area contributed by atoms with Gasteiger partial charge in [0.15, 0.2) is 0 Å². The van der Waals surface area contributed by atoms with Crippen LogP contribution in [0, 0.1) is 5.41 Å². The van der Waals surface area contributed by atoms with Gasteiger partial charge < -0.3 is 20.5 Å². The van der Waals surface area contributed by atoms with Gasteiger partial charge in [0, 0.05) is 25.4 Å². The maximum atomic E-state index is 12.4. The molecule has 1 aromatic rings. The molecule has 7 heteroatoms. The zero-order chi connectivity index (χ0) is 16.0. The van der Waals surface area contributed by atoms with Gasteiger partial charge in [-0.05, 0) is 37.1 Å². The van der Waals surface area contributed by atoms with Crippen LogP contribution in [0.5, 0.6) is 5.75 Å². The highest BCUT2D eigenvalue weighted by molar-refractivity contribution is 5.95. The molecule has 0 radical (unpaired) electrons. The molecule has 0 atom stereocenters. The van der Waals surface area contributed by atoms with E-state index in [1.165, 1.54) is 12.1 Å². The Balaban J connectivity index is 1.96. The third-order valence-corrected chi connectivity index (χ3v) is 3.81. The van der Waals surface area contributed by atoms with Crippen molar-refractivity contribution in [2.24, 2.45) is 11.1 Å². The van der Waals surface area contributed by atoms with Crippen molar-refractivity contribution in [1.82, 2.24) is 0 Å². The summed E-state index contributed by atoms with van der Waals surface area (Å²) in [6.45, 7) is 0.649. The van der Waals surface area contributed by atoms with Crippen molar-refractivity contribution in [2.45, 2.75) is 19.3 Å². The number of amides is 1. The number of anilines is 1. The zero-order valence-electron chi connectivity index (χ0n) is 12.2. The van der Waals surface area contributed by atoms with Gasteiger partial charge in [-0.2, -0.15) is 0 Å². The van der Waals surface area contributed by atoms with E-state index < -0.39 is 18.4 Å². The molecule has 1 aliphatic rings. The molecule has 2 rings (SSSR count). The molecule has 0 bridgehead atoms. The molecular weight excluding hydrogens is 294 g/mol. The minimum absolute atomic E-state index is 0.139. The molecule has 1 aromatic carbocycles. The number of nitrogens with two attached hydrogens (primary N) is 1. The molecule has 1 amide bonds. The molecule has 1 heterocycles. The Labute approximate surface area is 127 Å². The van der Waals surface area contributed by atoms with Crippen LogP contribution in [0.15, 0.2) is 24.3 Å². The number of ether oxygens (including phenoxy) is 2. The predicted octanol–water partition coefficient (Wildman–Crippen LogP) is 2.02. The summed E-state index contributed by atoms with van der Waals surface area (Å²) < 4.78 is 34.3. The Morgan fingerprint density at radius 1 is 1.32 bits per heavy atom. The number of nitrogens with one attached hydrogen (secondary N) is 1. The summed E-state index contributed by atoms with van der Waals surface area (Å²) in [6.07, 6.45) is -1.34. The van der Waals surface area contributed by atoms with Crippen molar-refractivity contribution in [3.63, 3.8) is 0 Å². The van der Waals surface area contributed by atoms with E-state index in [2.05, 4.69) is 5.32 Å². The van der Waals surface area contributed by atoms with E-state index in [-0.39, 0.29) is 12.5 Å². The second kappa shape index (κ2) is 7.51. The highest BCUT2D eigenvalue weighted by Gasteiger charge is 2.38. The van der Waals surface area contributed by atoms with Gasteiger partial charge in [-0.1, -0.05) is 0 Å². The molecule has 3 N–H and O–H groups in total. The average molecular weight is 314 g/mol. The SMILES string of the molecule is NCC1(C(=O)Nc2ccc(OCC(F)F)cc2)CCOCC1. The van der Waals surface area contributed by atoms with Crippen molar-refractivity contribution in [3.8, 4) is 5.75 Å². The van der Waals surface area contributed by atoms with E-state index in [1.807, 2.05) is 0 Å². The molecule has 5 nitrogen and oxygen atoms in total. The van der Waals surface area contributed by atoms with Crippen LogP contribution >= 0.6 is 0 Å². The molecule has 0 aromatic heterocycles. The summed E-state index contributed by atoms with van der Waals surface area (Å²) in [7, 11) is 0. The Bertz CT molecular complexity index is 488. The first kappa shape index (κ1) is 16.6. The maximum absolute atomic E-state index is 12.4. The molecule has 1 aliphatic heterocycles. The fraction of sp³-hybridized carbons (Fsp3) is 0.533. The summed E-state index contributed by atoms with van der Waals surface area (Å²) in [5, 5.41) is 2.82. The lowest BCUT2D eigenvalue weighted by molar-refractivity contribution is -0.130. The van der Waals surface area contributed by atoms with Crippen molar-refractivity contribution in [1.29, 1.82) is 0 Å². The third kappa shape index (κ3) is 4.14. The van der Waals surface area contributed by atoms with Gasteiger partial charge in [0.2, 0.25) is 5.91 Å². The van der Waals surface area contributed by atoms with Gasteiger partial charge in [0.25, 0.3) is 6.43 Å². The third-order valence-electron chi connectivity index (χ3n) is 3.81. The number of rotatable bonds is 6. The van der Waals surface area contributed by atoms with E-state index >= 15 is 0 Å². The standard InChI is InChI=1S/C15H20F2N2O3/c16-13(17)9-22-12-3-1-11(2-4-12)19-14(20)15(10-18)5-7-21-8-6-15/h1-4,13H,5-10,18H2,(H,19,20). The van der Waals surface area contributed by atoms with Crippen LogP contribution in [0.3, 0.4) is 0 Å². The second-order valence-corrected chi connectivity index (χ2v) is 5.28. The largest absolute Gasteiger partial charge is 0.488 e. The van der Waals surface area contributed by atoms with Gasteiger partial charge in [0.05, 0.1) is 5.41 Å². The fourth-order valence-corrected chi connectivity index (χ4v) is 2.34. The number of hydrogen-bond donors (Lipinski definition) is 2. The van der Waals surface area contributed by atoms with Crippen LogP contribution in [0.25, 0.3) is 0 Å². The first-order valence-electron chi connectivity index (χ1n) is 7.16. The van der Waals surface area contributed by atoms with Crippen LogP contribution in [0.1, 0.15) is 12.8 Å². The van der Waals surface area contributed by atoms with Gasteiger partial charge in [-0.25, -0.2) is 8.78 Å². The minimum Gasteiger partial charge on any atom is -0.488 e. The predicted molar refractivity (Wildman–Crippen MR) is 78.1 cm³/mol. The van der Waals surface area contributed by atoms with Crippen molar-refractivity contribution >= 4 is 11.6 Å². The monoisotopic (exact) mass is 314 g/mol. The van der Waals surface area contributed by atoms with E-state index in [9.17, 15) is 13.6 Å². The number of halogens is 2. The summed E-state index contributed by atoms with van der Waals surface area (Å²) in [5.74, 6) is 0.192. The number of alkyl halides is 2. The van der Waals surface area contributed by atoms with E-state index in [1.54, 1.807) is 12.1 Å². The van der Waals surface area contributed by atoms with Crippen molar-refractivity contribution in [2.75, 3.05) is 31.7 Å². The Morgan fingerprint density at radius 2 is 1.95 bits per heavy atom. The second-order valence-electron chi connectivity index (χ2n) is 5.28. The van der Waals surface area contributed by atoms with Gasteiger partial charge >= 0.3 is 0 Å². The van der Waals surface area contributed by atoms with Crippen LogP contribution in [0.4, 0.5) is 14.5 Å². The summed E-state index contributed by atoms with van der Waals surface area (Å²) in [6, 6.07) is 6.30. The van der Waals surface area contributed by atoms with Crippen LogP contribution < -0.4 is 15.8 Å². The Morgan fingerprint density at radius 3 is 2.50 bits per heavy atom. The minimum atomic E-state index is -2.52. The van der Waals surface area contributed by atoms with Crippen LogP contribution in [-0.4, -0.2) is 38.7 Å². The Hall–Kier alpha value is -1.73. The first-order chi connectivity index (χ1) is 10.6. The molecule has 0 saturated carbocycles. The maximum Gasteiger partial charge on any atom is 0.272 e. The van der Waals surface area contributed by atoms with Gasteiger partial charge in [0.1, 0.15) is 12.4 Å². The van der Waals surface area contributed by atoms with E-state index in [0.29, 0.717) is 37.5 Å². The van der Waals surface area contributed by atoms with E-state index in [4.69, 9.17) is 15.2 Å². The number of carbonyl (C=O) groups excluding carboxylic acids is 1. The quantitative estimate of drug-likeness (QED) is 0.842. The van der Waals surface area contributed by atoms with Gasteiger partial charge in [-0.15, -0.1) is 0 Å². The normalized spacial score (nSPS) is 17.3. The lowest BCUT2D eigenvalue weighted by Crippen LogP contribution is -2.46. The molecule has 1 saturated heterocycles. The molecule has 0 aliphatic carbocycles. The first-order valence-corrected chi connectivity index (χ1v) is 7.16. The van der Waals surface area contributed by atoms with Crippen molar-refractivity contribution in [3.05, 3.63) is 24.3 Å². The average Bonchev–Trinajstić information content (AvgIpc) is 2.54. The van der Waals surface area contributed by atoms with E-state index in [0.717, 1.165) is 0 Å². The smallest absolute Gasteiger partial charge is 0.272 e. The highest BCUT2D eigenvalue weighted by atomic mass is 19.3. The Kier molecular flexibility index (Phi) is 5.68. The summed E-state index contributed by atoms with van der Waals surface area (Å²) >= 11 is 0. The number of hydrogen-bond acceptors (Lipinski definition) is 4. The molecule has 122 valence electrons. The zero-order valence-corrected chi connectivity index (χ0v) is 12.2. The molecular formula is C15H20F2N2O3.